The Hall–Kier alpha value is -7.00. The minimum atomic E-state index is -4.64. The van der Waals surface area contributed by atoms with Crippen LogP contribution in [0, 0.1) is 30.1 Å². The van der Waals surface area contributed by atoms with Crippen molar-refractivity contribution < 1.29 is 45.4 Å². The van der Waals surface area contributed by atoms with Gasteiger partial charge in [-0.15, -0.1) is 10.2 Å². The molecule has 0 amide bonds. The van der Waals surface area contributed by atoms with Crippen LogP contribution in [0.5, 0.6) is 0 Å². The number of rotatable bonds is 11. The largest absolute Gasteiger partial charge is 0.469 e. The molecule has 5 aromatic heterocycles. The van der Waals surface area contributed by atoms with Crippen molar-refractivity contribution in [3.8, 4) is 22.6 Å². The van der Waals surface area contributed by atoms with Crippen LogP contribution in [0.4, 0.5) is 49.6 Å². The van der Waals surface area contributed by atoms with Gasteiger partial charge in [-0.3, -0.25) is 9.59 Å². The SMILES string of the molecule is COC(=O)C1(C2(C(=O)OC(C)(C)C)CCC(n3cc(-c4cc(C)cc(Nc5nccc(C(F)(F)F)n5)c4)nn3)CC2)CCC(n2cc(-c3cc(C)cc(Nc4cc(C(F)(F)F)ccn4)n3)nn2)CC1(C)C. The first-order valence-electron chi connectivity index (χ1n) is 23.0. The van der Waals surface area contributed by atoms with Gasteiger partial charge < -0.3 is 20.1 Å². The molecule has 0 saturated heterocycles. The maximum absolute atomic E-state index is 15.0. The van der Waals surface area contributed by atoms with Crippen LogP contribution >= 0.6 is 0 Å². The zero-order valence-electron chi connectivity index (χ0n) is 40.4. The molecule has 2 aliphatic carbocycles. The smallest absolute Gasteiger partial charge is 0.433 e. The van der Waals surface area contributed by atoms with E-state index in [0.29, 0.717) is 54.0 Å². The Morgan fingerprint density at radius 1 is 0.704 bits per heavy atom. The van der Waals surface area contributed by atoms with E-state index in [1.54, 1.807) is 66.8 Å². The number of pyridine rings is 2. The Labute approximate surface area is 405 Å². The van der Waals surface area contributed by atoms with E-state index in [-0.39, 0.29) is 48.9 Å². The van der Waals surface area contributed by atoms with Gasteiger partial charge >= 0.3 is 24.3 Å². The highest BCUT2D eigenvalue weighted by molar-refractivity contribution is 5.90. The number of carbonyl (C=O) groups is 2. The number of nitrogens with zero attached hydrogens (tertiary/aromatic N) is 10. The number of ether oxygens (including phenoxy) is 2. The molecule has 376 valence electrons. The van der Waals surface area contributed by atoms with E-state index in [1.165, 1.54) is 7.11 Å². The lowest BCUT2D eigenvalue weighted by atomic mass is 9.43. The lowest BCUT2D eigenvalue weighted by Crippen LogP contribution is -2.64. The zero-order valence-corrected chi connectivity index (χ0v) is 40.4. The molecule has 22 heteroatoms. The second kappa shape index (κ2) is 18.6. The molecule has 0 radical (unpaired) electrons. The maximum atomic E-state index is 15.0. The molecule has 2 atom stereocenters. The molecule has 8 rings (SSSR count). The van der Waals surface area contributed by atoms with Gasteiger partial charge in [0.05, 0.1) is 53.7 Å². The first-order chi connectivity index (χ1) is 33.3. The number of anilines is 4. The highest BCUT2D eigenvalue weighted by atomic mass is 19.4. The Morgan fingerprint density at radius 3 is 2.01 bits per heavy atom. The molecule has 2 aliphatic rings. The Balaban J connectivity index is 1.03. The van der Waals surface area contributed by atoms with Gasteiger partial charge in [0.25, 0.3) is 0 Å². The average Bonchev–Trinajstić information content (AvgIpc) is 3.99. The van der Waals surface area contributed by atoms with Crippen molar-refractivity contribution in [2.45, 2.75) is 123 Å². The summed E-state index contributed by atoms with van der Waals surface area (Å²) >= 11 is 0. The number of hydrogen-bond donors (Lipinski definition) is 2. The monoisotopic (exact) mass is 988 g/mol. The number of aromatic nitrogens is 10. The molecular formula is C49H54F6N12O4. The van der Waals surface area contributed by atoms with E-state index in [4.69, 9.17) is 9.47 Å². The second-order valence-corrected chi connectivity index (χ2v) is 20.1. The van der Waals surface area contributed by atoms with Crippen LogP contribution in [0.15, 0.2) is 73.3 Å². The van der Waals surface area contributed by atoms with Gasteiger partial charge in [-0.1, -0.05) is 24.3 Å². The Bertz CT molecular complexity index is 2940. The van der Waals surface area contributed by atoms with E-state index >= 15 is 0 Å². The number of nitrogens with one attached hydrogen (secondary N) is 2. The third kappa shape index (κ3) is 10.3. The summed E-state index contributed by atoms with van der Waals surface area (Å²) in [6.07, 6.45) is -1.08. The Kier molecular flexibility index (Phi) is 13.2. The van der Waals surface area contributed by atoms with Crippen molar-refractivity contribution in [1.29, 1.82) is 0 Å². The van der Waals surface area contributed by atoms with Crippen molar-refractivity contribution in [3.63, 3.8) is 0 Å². The van der Waals surface area contributed by atoms with Crippen molar-refractivity contribution in [2.75, 3.05) is 17.7 Å². The molecule has 1 aromatic carbocycles. The summed E-state index contributed by atoms with van der Waals surface area (Å²) in [6, 6.07) is 10.9. The number of methoxy groups -OCH3 is 1. The average molecular weight is 989 g/mol. The topological polar surface area (TPSA) is 190 Å². The summed E-state index contributed by atoms with van der Waals surface area (Å²) in [6.45, 7) is 13.0. The number of halogens is 6. The van der Waals surface area contributed by atoms with Gasteiger partial charge in [0.2, 0.25) is 5.95 Å². The molecule has 2 N–H and O–H groups in total. The van der Waals surface area contributed by atoms with Gasteiger partial charge in [-0.2, -0.15) is 26.3 Å². The zero-order chi connectivity index (χ0) is 51.3. The van der Waals surface area contributed by atoms with E-state index in [0.717, 1.165) is 41.7 Å². The third-order valence-electron chi connectivity index (χ3n) is 13.6. The molecule has 0 bridgehead atoms. The molecule has 2 unspecified atom stereocenters. The van der Waals surface area contributed by atoms with Gasteiger partial charge in [0.1, 0.15) is 34.3 Å². The summed E-state index contributed by atoms with van der Waals surface area (Å²) in [5.41, 5.74) is -2.35. The number of esters is 2. The fourth-order valence-corrected chi connectivity index (χ4v) is 10.5. The van der Waals surface area contributed by atoms with Crippen LogP contribution in [0.2, 0.25) is 0 Å². The van der Waals surface area contributed by atoms with Crippen molar-refractivity contribution in [3.05, 3.63) is 95.7 Å². The molecule has 0 spiro atoms. The summed E-state index contributed by atoms with van der Waals surface area (Å²) < 4.78 is 95.7. The van der Waals surface area contributed by atoms with Gasteiger partial charge in [-0.25, -0.2) is 29.3 Å². The van der Waals surface area contributed by atoms with E-state index in [2.05, 4.69) is 51.2 Å². The van der Waals surface area contributed by atoms with Crippen molar-refractivity contribution >= 4 is 35.2 Å². The first kappa shape index (κ1) is 50.4. The van der Waals surface area contributed by atoms with Crippen LogP contribution in [0.3, 0.4) is 0 Å². The number of alkyl halides is 6. The maximum Gasteiger partial charge on any atom is 0.433 e. The molecule has 5 heterocycles. The minimum absolute atomic E-state index is 0.0304. The normalized spacial score (nSPS) is 21.6. The van der Waals surface area contributed by atoms with Crippen LogP contribution in [0.25, 0.3) is 22.6 Å². The number of benzene rings is 1. The standard InChI is InChI=1S/C49H54F6N12O4/c1-28-19-30(23-32(20-28)58-43-57-18-13-38(60-43)49(53,54)55)36-26-66(64-62-36)33-9-14-46(15-10-33,41(68)71-44(3,4)5)47(42(69)70-8)16-11-34(25-45(47,6)7)67-27-37(63-65-67)35-21-29(2)22-40(59-35)61-39-24-31(12-17-56-39)48(50,51)52/h12-13,17-24,26-27,33-34H,9-11,14-16,25H2,1-8H3,(H,56,59,61)(H,57,58,60). The number of aryl methyl sites for hydroxylation is 2. The van der Waals surface area contributed by atoms with Gasteiger partial charge in [-0.05, 0) is 145 Å². The van der Waals surface area contributed by atoms with E-state index in [1.807, 2.05) is 33.8 Å². The van der Waals surface area contributed by atoms with Gasteiger partial charge in [0, 0.05) is 23.6 Å². The molecule has 6 aromatic rings. The quantitative estimate of drug-likeness (QED) is 0.0921. The van der Waals surface area contributed by atoms with Crippen LogP contribution in [-0.4, -0.2) is 74.6 Å². The molecule has 2 fully saturated rings. The summed E-state index contributed by atoms with van der Waals surface area (Å²) in [4.78, 5) is 45.9. The van der Waals surface area contributed by atoms with Crippen LogP contribution < -0.4 is 10.6 Å². The lowest BCUT2D eigenvalue weighted by Gasteiger charge is -2.60. The molecular weight excluding hydrogens is 935 g/mol. The summed E-state index contributed by atoms with van der Waals surface area (Å²) in [5.74, 6) is -0.978. The fraction of sp³-hybridized carbons (Fsp3) is 0.469. The predicted molar refractivity (Wildman–Crippen MR) is 248 cm³/mol. The Morgan fingerprint density at radius 2 is 1.35 bits per heavy atom. The van der Waals surface area contributed by atoms with Crippen LogP contribution in [-0.2, 0) is 31.4 Å². The third-order valence-corrected chi connectivity index (χ3v) is 13.6. The number of carbonyl (C=O) groups excluding carboxylic acids is 2. The summed E-state index contributed by atoms with van der Waals surface area (Å²) in [5, 5.41) is 23.6. The van der Waals surface area contributed by atoms with E-state index in [9.17, 15) is 35.9 Å². The van der Waals surface area contributed by atoms with Crippen molar-refractivity contribution in [1.82, 2.24) is 49.9 Å². The first-order valence-corrected chi connectivity index (χ1v) is 23.0. The van der Waals surface area contributed by atoms with E-state index < -0.39 is 57.4 Å². The molecule has 71 heavy (non-hydrogen) atoms. The second-order valence-electron chi connectivity index (χ2n) is 20.1. The van der Waals surface area contributed by atoms with Gasteiger partial charge in [0.15, 0.2) is 0 Å². The predicted octanol–water partition coefficient (Wildman–Crippen LogP) is 11.0. The van der Waals surface area contributed by atoms with Crippen molar-refractivity contribution in [2.24, 2.45) is 16.2 Å². The van der Waals surface area contributed by atoms with Crippen LogP contribution in [0.1, 0.15) is 114 Å². The fourth-order valence-electron chi connectivity index (χ4n) is 10.5. The lowest BCUT2D eigenvalue weighted by molar-refractivity contribution is -0.214. The molecule has 2 saturated carbocycles. The summed E-state index contributed by atoms with van der Waals surface area (Å²) in [7, 11) is 1.33. The molecule has 0 aliphatic heterocycles. The number of hydrogen-bond acceptors (Lipinski definition) is 14. The molecule has 16 nitrogen and oxygen atoms in total. The highest BCUT2D eigenvalue weighted by Gasteiger charge is 2.70. The minimum Gasteiger partial charge on any atom is -0.469 e. The highest BCUT2D eigenvalue weighted by Crippen LogP contribution is 2.67.